The zero-order chi connectivity index (χ0) is 16.7. The molecule has 0 atom stereocenters. The van der Waals surface area contributed by atoms with Crippen molar-refractivity contribution >= 4 is 46.3 Å². The second-order valence-electron chi connectivity index (χ2n) is 4.55. The number of hydrogen-bond acceptors (Lipinski definition) is 4. The number of carbonyl (C=O) groups is 1. The van der Waals surface area contributed by atoms with Gasteiger partial charge < -0.3 is 0 Å². The van der Waals surface area contributed by atoms with Crippen LogP contribution in [0.3, 0.4) is 0 Å². The predicted octanol–water partition coefficient (Wildman–Crippen LogP) is 4.71. The van der Waals surface area contributed by atoms with E-state index in [-0.39, 0.29) is 5.91 Å². The molecule has 0 aliphatic rings. The number of thioether (sulfide) groups is 1. The maximum atomic E-state index is 11.4. The first-order valence-electron chi connectivity index (χ1n) is 7.07. The largest absolute Gasteiger partial charge is 0.268 e. The molecule has 0 bridgehead atoms. The molecule has 23 heavy (non-hydrogen) atoms. The van der Waals surface area contributed by atoms with Gasteiger partial charge in [0.25, 0.3) is 5.91 Å². The fourth-order valence-corrected chi connectivity index (χ4v) is 3.74. The Morgan fingerprint density at radius 1 is 1.35 bits per heavy atom. The smallest absolute Gasteiger partial charge is 0.263 e. The van der Waals surface area contributed by atoms with Crippen molar-refractivity contribution in [2.24, 2.45) is 5.10 Å². The van der Waals surface area contributed by atoms with Crippen LogP contribution in [0.25, 0.3) is 0 Å². The van der Waals surface area contributed by atoms with Crippen LogP contribution in [-0.2, 0) is 10.5 Å². The van der Waals surface area contributed by atoms with E-state index in [2.05, 4.69) is 30.1 Å². The van der Waals surface area contributed by atoms with Gasteiger partial charge in [0.2, 0.25) is 0 Å². The molecule has 0 saturated carbocycles. The van der Waals surface area contributed by atoms with Gasteiger partial charge in [0.05, 0.1) is 4.88 Å². The van der Waals surface area contributed by atoms with Gasteiger partial charge in [0, 0.05) is 21.2 Å². The van der Waals surface area contributed by atoms with Crippen molar-refractivity contribution in [3.8, 4) is 0 Å². The van der Waals surface area contributed by atoms with Crippen molar-refractivity contribution in [3.05, 3.63) is 69.4 Å². The van der Waals surface area contributed by atoms with E-state index in [0.717, 1.165) is 27.7 Å². The zero-order valence-corrected chi connectivity index (χ0v) is 15.1. The second-order valence-corrected chi connectivity index (χ2v) is 7.43. The van der Waals surface area contributed by atoms with E-state index in [1.807, 2.05) is 42.1 Å². The molecule has 0 unspecified atom stereocenters. The quantitative estimate of drug-likeness (QED) is 0.439. The molecule has 1 amide bonds. The summed E-state index contributed by atoms with van der Waals surface area (Å²) in [5, 5.41) is 4.93. The molecule has 1 heterocycles. The number of thiophene rings is 1. The van der Waals surface area contributed by atoms with Crippen LogP contribution in [0.4, 0.5) is 0 Å². The Morgan fingerprint density at radius 3 is 2.74 bits per heavy atom. The minimum absolute atomic E-state index is 0.338. The third-order valence-electron chi connectivity index (χ3n) is 2.92. The summed E-state index contributed by atoms with van der Waals surface area (Å²) >= 11 is 9.50. The van der Waals surface area contributed by atoms with Gasteiger partial charge in [0.1, 0.15) is 5.71 Å². The molecule has 1 aromatic heterocycles. The molecule has 1 N–H and O–H groups in total. The zero-order valence-electron chi connectivity index (χ0n) is 12.7. The Labute approximate surface area is 149 Å². The van der Waals surface area contributed by atoms with Gasteiger partial charge in [-0.25, -0.2) is 5.43 Å². The average Bonchev–Trinajstić information content (AvgIpc) is 3.03. The third-order valence-corrected chi connectivity index (χ3v) is 5.37. The lowest BCUT2D eigenvalue weighted by molar-refractivity contribution is -0.116. The minimum atomic E-state index is -0.338. The van der Waals surface area contributed by atoms with Crippen molar-refractivity contribution in [3.63, 3.8) is 0 Å². The summed E-state index contributed by atoms with van der Waals surface area (Å²) in [6.07, 6.45) is 1.20. The summed E-state index contributed by atoms with van der Waals surface area (Å²) in [6, 6.07) is 11.5. The fraction of sp³-hybridized carbons (Fsp3) is 0.176. The van der Waals surface area contributed by atoms with Crippen LogP contribution < -0.4 is 5.43 Å². The summed E-state index contributed by atoms with van der Waals surface area (Å²) in [5.74, 6) is 1.73. The van der Waals surface area contributed by atoms with E-state index in [1.54, 1.807) is 11.3 Å². The normalized spacial score (nSPS) is 11.3. The fourth-order valence-electron chi connectivity index (χ4n) is 1.81. The number of rotatable bonds is 7. The van der Waals surface area contributed by atoms with Gasteiger partial charge in [-0.2, -0.15) is 16.9 Å². The maximum absolute atomic E-state index is 11.4. The second kappa shape index (κ2) is 8.91. The van der Waals surface area contributed by atoms with Crippen LogP contribution in [0.5, 0.6) is 0 Å². The van der Waals surface area contributed by atoms with Crippen LogP contribution in [0, 0.1) is 0 Å². The van der Waals surface area contributed by atoms with Gasteiger partial charge in [-0.05, 0) is 36.1 Å². The van der Waals surface area contributed by atoms with Crippen molar-refractivity contribution in [1.82, 2.24) is 5.43 Å². The van der Waals surface area contributed by atoms with E-state index < -0.39 is 0 Å². The molecule has 0 aliphatic heterocycles. The summed E-state index contributed by atoms with van der Waals surface area (Å²) in [6.45, 7) is 5.58. The number of nitrogens with zero attached hydrogens (tertiary/aromatic N) is 1. The van der Waals surface area contributed by atoms with Gasteiger partial charge in [-0.3, -0.25) is 4.79 Å². The standard InChI is InChI=1S/C17H17ClN2OS2/c1-3-16(21)19-20-17(12-5-7-13(18)8-6-12)15-10-9-14(23-15)11-22-4-2/h3,5-10H,1,4,11H2,2H3,(H,19,21). The molecule has 0 spiro atoms. The molecule has 1 aromatic carbocycles. The van der Waals surface area contributed by atoms with Crippen LogP contribution in [0.15, 0.2) is 54.2 Å². The first-order valence-corrected chi connectivity index (χ1v) is 9.41. The lowest BCUT2D eigenvalue weighted by Gasteiger charge is -2.05. The van der Waals surface area contributed by atoms with E-state index in [9.17, 15) is 4.79 Å². The Balaban J connectivity index is 2.32. The summed E-state index contributed by atoms with van der Waals surface area (Å²) in [5.41, 5.74) is 4.11. The number of hydrazone groups is 1. The topological polar surface area (TPSA) is 41.5 Å². The first-order chi connectivity index (χ1) is 11.1. The maximum Gasteiger partial charge on any atom is 0.263 e. The molecule has 0 saturated heterocycles. The molecule has 2 rings (SSSR count). The summed E-state index contributed by atoms with van der Waals surface area (Å²) in [4.78, 5) is 13.7. The SMILES string of the molecule is C=CC(=O)NN=C(c1ccc(Cl)cc1)c1ccc(CSCC)s1. The Morgan fingerprint density at radius 2 is 2.09 bits per heavy atom. The molecule has 0 radical (unpaired) electrons. The lowest BCUT2D eigenvalue weighted by atomic mass is 10.1. The predicted molar refractivity (Wildman–Crippen MR) is 102 cm³/mol. The first kappa shape index (κ1) is 17.8. The van der Waals surface area contributed by atoms with E-state index in [4.69, 9.17) is 11.6 Å². The van der Waals surface area contributed by atoms with Crippen LogP contribution >= 0.6 is 34.7 Å². The van der Waals surface area contributed by atoms with Gasteiger partial charge in [-0.15, -0.1) is 11.3 Å². The average molecular weight is 365 g/mol. The number of benzene rings is 1. The van der Waals surface area contributed by atoms with E-state index in [0.29, 0.717) is 5.02 Å². The van der Waals surface area contributed by atoms with E-state index in [1.165, 1.54) is 11.0 Å². The molecule has 0 aliphatic carbocycles. The highest BCUT2D eigenvalue weighted by Crippen LogP contribution is 2.24. The van der Waals surface area contributed by atoms with Gasteiger partial charge >= 0.3 is 0 Å². The Kier molecular flexibility index (Phi) is 6.89. The minimum Gasteiger partial charge on any atom is -0.268 e. The Bertz CT molecular complexity index is 708. The number of amides is 1. The molecule has 6 heteroatoms. The molecule has 0 fully saturated rings. The van der Waals surface area contributed by atoms with Crippen molar-refractivity contribution in [1.29, 1.82) is 0 Å². The number of nitrogens with one attached hydrogen (secondary N) is 1. The molecule has 2 aromatic rings. The number of carbonyl (C=O) groups excluding carboxylic acids is 1. The molecular weight excluding hydrogens is 348 g/mol. The van der Waals surface area contributed by atoms with Crippen LogP contribution in [0.1, 0.15) is 22.2 Å². The van der Waals surface area contributed by atoms with Gasteiger partial charge in [-0.1, -0.05) is 37.2 Å². The molecule has 3 nitrogen and oxygen atoms in total. The highest BCUT2D eigenvalue weighted by molar-refractivity contribution is 7.98. The van der Waals surface area contributed by atoms with Crippen molar-refractivity contribution < 1.29 is 4.79 Å². The highest BCUT2D eigenvalue weighted by atomic mass is 35.5. The molecule has 120 valence electrons. The lowest BCUT2D eigenvalue weighted by Crippen LogP contribution is -2.17. The number of hydrogen-bond donors (Lipinski definition) is 1. The van der Waals surface area contributed by atoms with Crippen molar-refractivity contribution in [2.45, 2.75) is 12.7 Å². The highest BCUT2D eigenvalue weighted by Gasteiger charge is 2.11. The van der Waals surface area contributed by atoms with E-state index >= 15 is 0 Å². The van der Waals surface area contributed by atoms with Crippen LogP contribution in [-0.4, -0.2) is 17.4 Å². The third kappa shape index (κ3) is 5.23. The monoisotopic (exact) mass is 364 g/mol. The number of halogens is 1. The summed E-state index contributed by atoms with van der Waals surface area (Å²) in [7, 11) is 0. The van der Waals surface area contributed by atoms with Crippen molar-refractivity contribution in [2.75, 3.05) is 5.75 Å². The Hall–Kier alpha value is -1.56. The van der Waals surface area contributed by atoms with Gasteiger partial charge in [0.15, 0.2) is 0 Å². The summed E-state index contributed by atoms with van der Waals surface area (Å²) < 4.78 is 0. The van der Waals surface area contributed by atoms with Crippen LogP contribution in [0.2, 0.25) is 5.02 Å². The molecular formula is C17H17ClN2OS2.